The number of hydrogen-bond donors (Lipinski definition) is 1. The molecule has 3 rings (SSSR count). The van der Waals surface area contributed by atoms with Crippen molar-refractivity contribution in [2.24, 2.45) is 17.3 Å². The normalized spacial score (nSPS) is 27.1. The van der Waals surface area contributed by atoms with Crippen LogP contribution in [0.3, 0.4) is 0 Å². The first-order chi connectivity index (χ1) is 12.5. The van der Waals surface area contributed by atoms with Gasteiger partial charge in [0, 0.05) is 10.9 Å². The van der Waals surface area contributed by atoms with Crippen molar-refractivity contribution >= 4 is 17.6 Å². The van der Waals surface area contributed by atoms with Crippen LogP contribution in [-0.4, -0.2) is 11.1 Å². The monoisotopic (exact) mass is 374 g/mol. The van der Waals surface area contributed by atoms with Crippen molar-refractivity contribution in [2.45, 2.75) is 70.6 Å². The molecule has 2 saturated carbocycles. The van der Waals surface area contributed by atoms with Gasteiger partial charge in [-0.25, -0.2) is 0 Å². The Hall–Kier alpha value is -1.28. The van der Waals surface area contributed by atoms with Crippen molar-refractivity contribution in [1.82, 2.24) is 0 Å². The third kappa shape index (κ3) is 4.52. The average molecular weight is 375 g/mol. The number of aliphatic carboxylic acids is 1. The van der Waals surface area contributed by atoms with Crippen LogP contribution in [0.2, 0.25) is 5.02 Å². The minimum atomic E-state index is -0.687. The first-order valence-corrected chi connectivity index (χ1v) is 10.5. The summed E-state index contributed by atoms with van der Waals surface area (Å²) in [4.78, 5) is 11.9. The van der Waals surface area contributed by atoms with Gasteiger partial charge in [-0.2, -0.15) is 0 Å². The number of carbonyl (C=O) groups is 1. The maximum Gasteiger partial charge on any atom is 0.307 e. The van der Waals surface area contributed by atoms with Crippen LogP contribution < -0.4 is 0 Å². The number of halogens is 1. The van der Waals surface area contributed by atoms with Crippen molar-refractivity contribution in [3.8, 4) is 0 Å². The molecule has 0 aromatic heterocycles. The highest BCUT2D eigenvalue weighted by atomic mass is 35.5. The number of hydrogen-bond acceptors (Lipinski definition) is 1. The molecule has 3 heteroatoms. The van der Waals surface area contributed by atoms with E-state index in [9.17, 15) is 9.90 Å². The lowest BCUT2D eigenvalue weighted by Gasteiger charge is -2.25. The summed E-state index contributed by atoms with van der Waals surface area (Å²) in [6.45, 7) is 2.06. The zero-order chi connectivity index (χ0) is 18.6. The van der Waals surface area contributed by atoms with Crippen LogP contribution in [0.15, 0.2) is 36.4 Å². The number of fused-ring (bicyclic) bond motifs is 2. The number of carboxylic acids is 1. The molecule has 2 nitrogen and oxygen atoms in total. The number of benzene rings is 1. The first-order valence-electron chi connectivity index (χ1n) is 10.2. The van der Waals surface area contributed by atoms with Crippen LogP contribution >= 0.6 is 11.6 Å². The van der Waals surface area contributed by atoms with Crippen molar-refractivity contribution in [1.29, 1.82) is 0 Å². The Bertz CT molecular complexity index is 626. The molecule has 2 unspecified atom stereocenters. The van der Waals surface area contributed by atoms with Crippen molar-refractivity contribution in [2.75, 3.05) is 0 Å². The molecule has 1 aromatic carbocycles. The van der Waals surface area contributed by atoms with Gasteiger partial charge in [0.15, 0.2) is 0 Å². The SMILES string of the molecule is CCCC(C(=O)O)C(CC=CCC12CCC(CC1)C2)c1ccc(Cl)cc1. The van der Waals surface area contributed by atoms with E-state index in [-0.39, 0.29) is 11.8 Å². The molecule has 0 saturated heterocycles. The van der Waals surface area contributed by atoms with Gasteiger partial charge in [-0.3, -0.25) is 4.79 Å². The Morgan fingerprint density at radius 2 is 1.96 bits per heavy atom. The molecule has 2 bridgehead atoms. The third-order valence-electron chi connectivity index (χ3n) is 6.70. The van der Waals surface area contributed by atoms with Gasteiger partial charge in [-0.1, -0.05) is 49.2 Å². The molecular formula is C23H31ClO2. The molecule has 0 aliphatic heterocycles. The lowest BCUT2D eigenvalue weighted by Crippen LogP contribution is -2.22. The lowest BCUT2D eigenvalue weighted by molar-refractivity contribution is -0.142. The van der Waals surface area contributed by atoms with E-state index in [0.717, 1.165) is 24.3 Å². The molecule has 1 aromatic rings. The van der Waals surface area contributed by atoms with Crippen molar-refractivity contribution in [3.63, 3.8) is 0 Å². The Morgan fingerprint density at radius 3 is 2.50 bits per heavy atom. The van der Waals surface area contributed by atoms with Crippen LogP contribution in [0.4, 0.5) is 0 Å². The van der Waals surface area contributed by atoms with E-state index in [0.29, 0.717) is 16.9 Å². The Balaban J connectivity index is 1.69. The fourth-order valence-corrected chi connectivity index (χ4v) is 5.35. The van der Waals surface area contributed by atoms with Gasteiger partial charge < -0.3 is 5.11 Å². The molecule has 0 spiro atoms. The largest absolute Gasteiger partial charge is 0.481 e. The second-order valence-corrected chi connectivity index (χ2v) is 8.89. The van der Waals surface area contributed by atoms with Gasteiger partial charge in [-0.15, -0.1) is 0 Å². The highest BCUT2D eigenvalue weighted by Crippen LogP contribution is 2.56. The summed E-state index contributed by atoms with van der Waals surface area (Å²) in [6, 6.07) is 7.72. The standard InChI is InChI=1S/C23H31ClO2/c1-2-5-21(22(25)26)20(18-7-9-19(24)10-8-18)6-3-4-13-23-14-11-17(16-23)12-15-23/h3-4,7-10,17,20-21H,2,5-6,11-16H2,1H3,(H,25,26). The second kappa shape index (κ2) is 8.61. The van der Waals surface area contributed by atoms with Crippen LogP contribution in [0, 0.1) is 17.3 Å². The summed E-state index contributed by atoms with van der Waals surface area (Å²) in [5.41, 5.74) is 1.65. The molecule has 2 fully saturated rings. The molecule has 2 aliphatic carbocycles. The van der Waals surface area contributed by atoms with Crippen LogP contribution in [0.25, 0.3) is 0 Å². The van der Waals surface area contributed by atoms with E-state index in [1.54, 1.807) is 0 Å². The number of carboxylic acid groups (broad SMARTS) is 1. The average Bonchev–Trinajstić information content (AvgIpc) is 3.22. The van der Waals surface area contributed by atoms with Crippen LogP contribution in [0.1, 0.15) is 76.2 Å². The van der Waals surface area contributed by atoms with E-state index in [1.807, 2.05) is 24.3 Å². The molecule has 0 radical (unpaired) electrons. The van der Waals surface area contributed by atoms with Gasteiger partial charge in [0.1, 0.15) is 0 Å². The van der Waals surface area contributed by atoms with E-state index < -0.39 is 5.97 Å². The Morgan fingerprint density at radius 1 is 1.27 bits per heavy atom. The minimum Gasteiger partial charge on any atom is -0.481 e. The van der Waals surface area contributed by atoms with Gasteiger partial charge in [-0.05, 0) is 80.4 Å². The van der Waals surface area contributed by atoms with Gasteiger partial charge in [0.05, 0.1) is 5.92 Å². The van der Waals surface area contributed by atoms with Crippen molar-refractivity contribution in [3.05, 3.63) is 47.0 Å². The zero-order valence-corrected chi connectivity index (χ0v) is 16.5. The molecular weight excluding hydrogens is 344 g/mol. The molecule has 0 heterocycles. The predicted octanol–water partition coefficient (Wildman–Crippen LogP) is 6.84. The van der Waals surface area contributed by atoms with E-state index in [1.165, 1.54) is 38.5 Å². The Labute approximate surface area is 162 Å². The lowest BCUT2D eigenvalue weighted by atomic mass is 9.79. The van der Waals surface area contributed by atoms with Gasteiger partial charge >= 0.3 is 5.97 Å². The maximum atomic E-state index is 11.9. The summed E-state index contributed by atoms with van der Waals surface area (Å²) in [6.07, 6.45) is 15.1. The summed E-state index contributed by atoms with van der Waals surface area (Å²) in [5, 5.41) is 10.5. The summed E-state index contributed by atoms with van der Waals surface area (Å²) in [7, 11) is 0. The topological polar surface area (TPSA) is 37.3 Å². The molecule has 2 aliphatic rings. The highest BCUT2D eigenvalue weighted by molar-refractivity contribution is 6.30. The smallest absolute Gasteiger partial charge is 0.307 e. The second-order valence-electron chi connectivity index (χ2n) is 8.45. The summed E-state index contributed by atoms with van der Waals surface area (Å²) < 4.78 is 0. The Kier molecular flexibility index (Phi) is 6.45. The number of allylic oxidation sites excluding steroid dienone is 2. The fraction of sp³-hybridized carbons (Fsp3) is 0.609. The van der Waals surface area contributed by atoms with E-state index >= 15 is 0 Å². The van der Waals surface area contributed by atoms with Crippen LogP contribution in [-0.2, 0) is 4.79 Å². The van der Waals surface area contributed by atoms with Crippen LogP contribution in [0.5, 0.6) is 0 Å². The van der Waals surface area contributed by atoms with E-state index in [2.05, 4.69) is 19.1 Å². The highest BCUT2D eigenvalue weighted by Gasteiger charge is 2.43. The molecule has 1 N–H and O–H groups in total. The fourth-order valence-electron chi connectivity index (χ4n) is 5.22. The summed E-state index contributed by atoms with van der Waals surface area (Å²) >= 11 is 6.02. The molecule has 142 valence electrons. The third-order valence-corrected chi connectivity index (χ3v) is 6.95. The first kappa shape index (κ1) is 19.5. The summed E-state index contributed by atoms with van der Waals surface area (Å²) in [5.74, 6) is -0.0379. The van der Waals surface area contributed by atoms with Crippen molar-refractivity contribution < 1.29 is 9.90 Å². The molecule has 26 heavy (non-hydrogen) atoms. The zero-order valence-electron chi connectivity index (χ0n) is 15.8. The van der Waals surface area contributed by atoms with Gasteiger partial charge in [0.25, 0.3) is 0 Å². The molecule has 0 amide bonds. The van der Waals surface area contributed by atoms with Gasteiger partial charge in [0.2, 0.25) is 0 Å². The molecule has 2 atom stereocenters. The quantitative estimate of drug-likeness (QED) is 0.480. The number of rotatable bonds is 9. The maximum absolute atomic E-state index is 11.9. The minimum absolute atomic E-state index is 0.0124. The van der Waals surface area contributed by atoms with E-state index in [4.69, 9.17) is 11.6 Å². The predicted molar refractivity (Wildman–Crippen MR) is 108 cm³/mol.